The standard InChI is InChI=1S/C23H52N6O6/c1-2-23(17-33-14-20(30)11-27-8-5-25-4-3-24)18-34-15-21(31)12-28-9-6-26-7-10-29-13-22(32)16-35-19-23/h20-22,25-32H,2-19,24H2,1H3. The number of nitrogens with two attached hydrogens (primary N) is 1. The van der Waals surface area contributed by atoms with E-state index in [2.05, 4.69) is 26.6 Å². The van der Waals surface area contributed by atoms with E-state index in [1.807, 2.05) is 6.92 Å². The molecule has 0 radical (unpaired) electrons. The highest BCUT2D eigenvalue weighted by molar-refractivity contribution is 4.79. The molecule has 0 amide bonds. The molecule has 1 fully saturated rings. The molecule has 0 saturated carbocycles. The van der Waals surface area contributed by atoms with Gasteiger partial charge in [0.25, 0.3) is 0 Å². The maximum atomic E-state index is 10.2. The molecular weight excluding hydrogens is 456 g/mol. The molecule has 210 valence electrons. The first-order chi connectivity index (χ1) is 17.0. The Morgan fingerprint density at radius 2 is 1.51 bits per heavy atom. The molecule has 35 heavy (non-hydrogen) atoms. The van der Waals surface area contributed by atoms with Gasteiger partial charge in [0.2, 0.25) is 0 Å². The highest BCUT2D eigenvalue weighted by Crippen LogP contribution is 2.24. The first kappa shape index (κ1) is 32.5. The van der Waals surface area contributed by atoms with Crippen LogP contribution in [0.3, 0.4) is 0 Å². The summed E-state index contributed by atoms with van der Waals surface area (Å²) in [6.45, 7) is 11.0. The second-order valence-electron chi connectivity index (χ2n) is 9.26. The molecule has 1 aliphatic rings. The summed E-state index contributed by atoms with van der Waals surface area (Å²) < 4.78 is 17.6. The maximum absolute atomic E-state index is 10.2. The first-order valence-electron chi connectivity index (χ1n) is 13.0. The number of hydrogen-bond donors (Lipinski definition) is 9. The molecule has 3 unspecified atom stereocenters. The molecule has 1 heterocycles. The minimum atomic E-state index is -0.630. The number of hydrogen-bond acceptors (Lipinski definition) is 12. The van der Waals surface area contributed by atoms with Gasteiger partial charge in [-0.1, -0.05) is 6.92 Å². The van der Waals surface area contributed by atoms with Gasteiger partial charge in [-0.05, 0) is 6.42 Å². The van der Waals surface area contributed by atoms with Crippen LogP contribution in [0.5, 0.6) is 0 Å². The molecule has 12 heteroatoms. The lowest BCUT2D eigenvalue weighted by atomic mass is 9.88. The molecule has 10 N–H and O–H groups in total. The fraction of sp³-hybridized carbons (Fsp3) is 1.00. The quantitative estimate of drug-likeness (QED) is 0.119. The van der Waals surface area contributed by atoms with E-state index in [0.29, 0.717) is 46.0 Å². The van der Waals surface area contributed by atoms with Gasteiger partial charge in [0.05, 0.1) is 58.0 Å². The zero-order chi connectivity index (χ0) is 25.6. The number of ether oxygens (including phenoxy) is 3. The summed E-state index contributed by atoms with van der Waals surface area (Å²) in [5, 5.41) is 46.8. The van der Waals surface area contributed by atoms with Crippen molar-refractivity contribution in [2.45, 2.75) is 31.7 Å². The highest BCUT2D eigenvalue weighted by Gasteiger charge is 2.31. The Morgan fingerprint density at radius 1 is 0.943 bits per heavy atom. The Balaban J connectivity index is 2.51. The van der Waals surface area contributed by atoms with Crippen molar-refractivity contribution >= 4 is 0 Å². The predicted molar refractivity (Wildman–Crippen MR) is 137 cm³/mol. The van der Waals surface area contributed by atoms with Crippen LogP contribution < -0.4 is 32.3 Å². The lowest BCUT2D eigenvalue weighted by Crippen LogP contribution is -2.42. The fourth-order valence-corrected chi connectivity index (χ4v) is 3.53. The van der Waals surface area contributed by atoms with Crippen LogP contribution in [0.4, 0.5) is 0 Å². The van der Waals surface area contributed by atoms with Crippen LogP contribution in [-0.2, 0) is 14.2 Å². The van der Waals surface area contributed by atoms with Gasteiger partial charge >= 0.3 is 0 Å². The predicted octanol–water partition coefficient (Wildman–Crippen LogP) is -3.56. The molecular formula is C23H52N6O6. The largest absolute Gasteiger partial charge is 0.389 e. The van der Waals surface area contributed by atoms with Gasteiger partial charge in [0, 0.05) is 77.4 Å². The van der Waals surface area contributed by atoms with Crippen LogP contribution in [0.2, 0.25) is 0 Å². The van der Waals surface area contributed by atoms with E-state index < -0.39 is 23.7 Å². The van der Waals surface area contributed by atoms with Crippen molar-refractivity contribution < 1.29 is 29.5 Å². The van der Waals surface area contributed by atoms with Crippen LogP contribution in [-0.4, -0.2) is 145 Å². The van der Waals surface area contributed by atoms with E-state index in [1.165, 1.54) is 0 Å². The molecule has 0 spiro atoms. The summed E-state index contributed by atoms with van der Waals surface area (Å²) in [7, 11) is 0. The third-order valence-corrected chi connectivity index (χ3v) is 5.80. The molecule has 1 rings (SSSR count). The van der Waals surface area contributed by atoms with Crippen LogP contribution in [0, 0.1) is 5.41 Å². The second kappa shape index (κ2) is 21.6. The smallest absolute Gasteiger partial charge is 0.0897 e. The zero-order valence-corrected chi connectivity index (χ0v) is 21.6. The maximum Gasteiger partial charge on any atom is 0.0897 e. The Morgan fingerprint density at radius 3 is 2.09 bits per heavy atom. The average Bonchev–Trinajstić information content (AvgIpc) is 2.84. The first-order valence-corrected chi connectivity index (χ1v) is 13.0. The Hall–Kier alpha value is -0.480. The van der Waals surface area contributed by atoms with Crippen LogP contribution >= 0.6 is 0 Å². The van der Waals surface area contributed by atoms with E-state index in [4.69, 9.17) is 19.9 Å². The molecule has 3 atom stereocenters. The van der Waals surface area contributed by atoms with Gasteiger partial charge in [0.1, 0.15) is 0 Å². The van der Waals surface area contributed by atoms with Crippen LogP contribution in [0.25, 0.3) is 0 Å². The third kappa shape index (κ3) is 17.6. The highest BCUT2D eigenvalue weighted by atomic mass is 16.5. The van der Waals surface area contributed by atoms with E-state index in [-0.39, 0.29) is 19.8 Å². The van der Waals surface area contributed by atoms with E-state index >= 15 is 0 Å². The molecule has 0 bridgehead atoms. The van der Waals surface area contributed by atoms with Crippen molar-refractivity contribution in [1.29, 1.82) is 0 Å². The number of rotatable bonds is 12. The van der Waals surface area contributed by atoms with Gasteiger partial charge in [-0.25, -0.2) is 0 Å². The number of aliphatic hydroxyl groups is 3. The van der Waals surface area contributed by atoms with E-state index in [0.717, 1.165) is 52.2 Å². The molecule has 0 aromatic rings. The third-order valence-electron chi connectivity index (χ3n) is 5.80. The average molecular weight is 509 g/mol. The summed E-state index contributed by atoms with van der Waals surface area (Å²) in [6, 6.07) is 0. The Labute approximate surface area is 211 Å². The lowest BCUT2D eigenvalue weighted by molar-refractivity contribution is -0.0993. The van der Waals surface area contributed by atoms with Gasteiger partial charge in [-0.15, -0.1) is 0 Å². The molecule has 0 aromatic carbocycles. The monoisotopic (exact) mass is 508 g/mol. The Bertz CT molecular complexity index is 460. The van der Waals surface area contributed by atoms with Crippen molar-refractivity contribution in [2.75, 3.05) is 112 Å². The van der Waals surface area contributed by atoms with Gasteiger partial charge in [0.15, 0.2) is 0 Å². The summed E-state index contributed by atoms with van der Waals surface area (Å²) in [4.78, 5) is 0. The van der Waals surface area contributed by atoms with Crippen LogP contribution in [0.1, 0.15) is 13.3 Å². The van der Waals surface area contributed by atoms with E-state index in [9.17, 15) is 15.3 Å². The molecule has 1 saturated heterocycles. The minimum Gasteiger partial charge on any atom is -0.389 e. The normalized spacial score (nSPS) is 27.7. The summed E-state index contributed by atoms with van der Waals surface area (Å²) >= 11 is 0. The van der Waals surface area contributed by atoms with Crippen molar-refractivity contribution in [3.63, 3.8) is 0 Å². The molecule has 1 aliphatic heterocycles. The Kier molecular flexibility index (Phi) is 20.1. The van der Waals surface area contributed by atoms with Crippen molar-refractivity contribution in [2.24, 2.45) is 11.1 Å². The summed E-state index contributed by atoms with van der Waals surface area (Å²) in [5.74, 6) is 0. The van der Waals surface area contributed by atoms with Crippen molar-refractivity contribution in [3.8, 4) is 0 Å². The summed E-state index contributed by atoms with van der Waals surface area (Å²) in [6.07, 6.45) is -1.13. The topological polar surface area (TPSA) is 175 Å². The molecule has 0 aliphatic carbocycles. The van der Waals surface area contributed by atoms with E-state index in [1.54, 1.807) is 0 Å². The minimum absolute atomic E-state index is 0.193. The van der Waals surface area contributed by atoms with Crippen LogP contribution in [0.15, 0.2) is 0 Å². The lowest BCUT2D eigenvalue weighted by Gasteiger charge is -2.33. The molecule has 12 nitrogen and oxygen atoms in total. The number of β-amino-alcohol motifs (C(OH)–C–C–N with tert-alkyl or cyclic N) is 2. The second-order valence-corrected chi connectivity index (χ2v) is 9.26. The number of nitrogens with one attached hydrogen (secondary N) is 5. The summed E-state index contributed by atoms with van der Waals surface area (Å²) in [5.41, 5.74) is 4.99. The van der Waals surface area contributed by atoms with Crippen molar-refractivity contribution in [3.05, 3.63) is 0 Å². The van der Waals surface area contributed by atoms with Gasteiger partial charge in [-0.3, -0.25) is 0 Å². The fourth-order valence-electron chi connectivity index (χ4n) is 3.53. The van der Waals surface area contributed by atoms with Crippen molar-refractivity contribution in [1.82, 2.24) is 26.6 Å². The number of aliphatic hydroxyl groups excluding tert-OH is 3. The zero-order valence-electron chi connectivity index (χ0n) is 21.6. The van der Waals surface area contributed by atoms with Gasteiger partial charge < -0.3 is 61.8 Å². The van der Waals surface area contributed by atoms with Gasteiger partial charge in [-0.2, -0.15) is 0 Å². The SMILES string of the molecule is CCC1(COCC(O)CNCCNCCN)COCC(O)CNCCNCCNCC(O)COC1. The molecule has 0 aromatic heterocycles.